The molecular formula is C27H40O8. The van der Waals surface area contributed by atoms with Crippen LogP contribution >= 0.6 is 0 Å². The highest BCUT2D eigenvalue weighted by Gasteiger charge is 2.82. The molecule has 0 aromatic heterocycles. The van der Waals surface area contributed by atoms with Gasteiger partial charge in [0.15, 0.2) is 6.29 Å². The van der Waals surface area contributed by atoms with Crippen molar-refractivity contribution >= 4 is 11.9 Å². The van der Waals surface area contributed by atoms with Crippen LogP contribution in [0.3, 0.4) is 0 Å². The molecule has 6 fully saturated rings. The summed E-state index contributed by atoms with van der Waals surface area (Å²) in [5.74, 6) is -0.312. The third-order valence-electron chi connectivity index (χ3n) is 10.2. The lowest BCUT2D eigenvalue weighted by atomic mass is 9.41. The zero-order valence-electron chi connectivity index (χ0n) is 21.6. The van der Waals surface area contributed by atoms with Gasteiger partial charge in [0.05, 0.1) is 19.3 Å². The molecule has 1 N–H and O–H groups in total. The Kier molecular flexibility index (Phi) is 6.35. The van der Waals surface area contributed by atoms with Crippen LogP contribution in [0.4, 0.5) is 0 Å². The van der Waals surface area contributed by atoms with Crippen LogP contribution in [0.2, 0.25) is 0 Å². The van der Waals surface area contributed by atoms with Crippen molar-refractivity contribution in [2.75, 3.05) is 13.2 Å². The number of carbonyl (C=O) groups excluding carboxylic acids is 2. The van der Waals surface area contributed by atoms with E-state index in [1.54, 1.807) is 19.9 Å². The first-order valence-electron chi connectivity index (χ1n) is 13.2. The van der Waals surface area contributed by atoms with E-state index in [0.29, 0.717) is 25.2 Å². The van der Waals surface area contributed by atoms with Crippen molar-refractivity contribution in [3.8, 4) is 0 Å². The number of allylic oxidation sites excluding steroid dienone is 1. The van der Waals surface area contributed by atoms with Crippen molar-refractivity contribution in [2.24, 2.45) is 28.6 Å². The molecule has 2 saturated carbocycles. The highest BCUT2D eigenvalue weighted by atomic mass is 16.7. The molecule has 4 saturated heterocycles. The van der Waals surface area contributed by atoms with Crippen LogP contribution < -0.4 is 0 Å². The summed E-state index contributed by atoms with van der Waals surface area (Å²) in [6.45, 7) is 10.7. The molecule has 2 aliphatic carbocycles. The fourth-order valence-corrected chi connectivity index (χ4v) is 7.84. The van der Waals surface area contributed by atoms with Crippen LogP contribution in [-0.4, -0.2) is 60.6 Å². The zero-order chi connectivity index (χ0) is 25.2. The molecular weight excluding hydrogens is 452 g/mol. The molecule has 6 rings (SSSR count). The van der Waals surface area contributed by atoms with E-state index in [4.69, 9.17) is 23.7 Å². The van der Waals surface area contributed by atoms with Crippen LogP contribution in [0.5, 0.6) is 0 Å². The van der Waals surface area contributed by atoms with E-state index in [0.717, 1.165) is 32.1 Å². The Morgan fingerprint density at radius 3 is 2.54 bits per heavy atom. The number of rotatable bonds is 6. The number of hydrogen-bond donors (Lipinski definition) is 1. The number of esters is 2. The molecule has 0 aromatic rings. The average molecular weight is 493 g/mol. The number of ether oxygens (including phenoxy) is 5. The summed E-state index contributed by atoms with van der Waals surface area (Å²) in [7, 11) is 0. The van der Waals surface area contributed by atoms with E-state index in [2.05, 4.69) is 13.8 Å². The number of carbonyl (C=O) groups is 2. The summed E-state index contributed by atoms with van der Waals surface area (Å²) in [6, 6.07) is 0. The average Bonchev–Trinajstić information content (AvgIpc) is 3.44. The molecule has 2 bridgehead atoms. The van der Waals surface area contributed by atoms with Gasteiger partial charge in [0.1, 0.15) is 17.1 Å². The summed E-state index contributed by atoms with van der Waals surface area (Å²) < 4.78 is 30.2. The maximum atomic E-state index is 13.0. The molecule has 0 amide bonds. The number of hydrogen-bond acceptors (Lipinski definition) is 8. The lowest BCUT2D eigenvalue weighted by molar-refractivity contribution is -0.368. The summed E-state index contributed by atoms with van der Waals surface area (Å²) in [6.07, 6.45) is 4.41. The third-order valence-corrected chi connectivity index (χ3v) is 10.2. The van der Waals surface area contributed by atoms with Crippen LogP contribution in [0.1, 0.15) is 73.1 Å². The topological polar surface area (TPSA) is 104 Å². The molecule has 8 nitrogen and oxygen atoms in total. The number of fused-ring (bicyclic) bond motifs is 1. The second kappa shape index (κ2) is 8.82. The van der Waals surface area contributed by atoms with Gasteiger partial charge in [0.25, 0.3) is 0 Å². The number of aliphatic hydroxyl groups excluding tert-OH is 1. The first kappa shape index (κ1) is 25.2. The minimum atomic E-state index is -0.846. The fraction of sp³-hybridized carbons (Fsp3) is 0.852. The Morgan fingerprint density at radius 1 is 1.20 bits per heavy atom. The van der Waals surface area contributed by atoms with Crippen LogP contribution in [-0.2, 0) is 33.3 Å². The second-order valence-corrected chi connectivity index (χ2v) is 11.8. The third kappa shape index (κ3) is 3.78. The molecule has 6 aliphatic rings. The predicted octanol–water partition coefficient (Wildman–Crippen LogP) is 3.50. The Labute approximate surface area is 207 Å². The first-order chi connectivity index (χ1) is 16.6. The maximum Gasteiger partial charge on any atom is 0.335 e. The van der Waals surface area contributed by atoms with E-state index in [9.17, 15) is 14.7 Å². The molecule has 0 radical (unpaired) electrons. The van der Waals surface area contributed by atoms with Crippen LogP contribution in [0.15, 0.2) is 11.6 Å². The molecule has 196 valence electrons. The van der Waals surface area contributed by atoms with E-state index >= 15 is 0 Å². The molecule has 35 heavy (non-hydrogen) atoms. The highest BCUT2D eigenvalue weighted by Crippen LogP contribution is 2.73. The van der Waals surface area contributed by atoms with Crippen molar-refractivity contribution in [3.05, 3.63) is 11.6 Å². The first-order valence-corrected chi connectivity index (χ1v) is 13.2. The van der Waals surface area contributed by atoms with Crippen molar-refractivity contribution < 1.29 is 38.4 Å². The molecule has 10 atom stereocenters. The van der Waals surface area contributed by atoms with E-state index in [-0.39, 0.29) is 35.2 Å². The smallest absolute Gasteiger partial charge is 0.335 e. The van der Waals surface area contributed by atoms with Gasteiger partial charge in [-0.05, 0) is 63.2 Å². The largest absolute Gasteiger partial charge is 0.462 e. The molecule has 2 spiro atoms. The second-order valence-electron chi connectivity index (χ2n) is 11.8. The summed E-state index contributed by atoms with van der Waals surface area (Å²) >= 11 is 0. The number of epoxide rings is 1. The van der Waals surface area contributed by atoms with Gasteiger partial charge in [0, 0.05) is 24.8 Å². The van der Waals surface area contributed by atoms with Crippen molar-refractivity contribution in [2.45, 2.75) is 104 Å². The minimum absolute atomic E-state index is 0.0706. The van der Waals surface area contributed by atoms with E-state index < -0.39 is 35.7 Å². The normalized spacial score (nSPS) is 48.5. The standard InChI is InChI=1S/C27H40O8/c1-6-15(2)22(29)35-24-27-20(12-19(34-24)13-26(27)14-32-26)25(5,9-7-18-8-10-31-23(18)30)16(3)11-21(27)33-17(4)28/h6,16,18-21,23-24,30H,7-14H2,1-5H3/b15-6+/t16-,18+,19-,20-,21+,23?,24-,25+,26+,27+/m1/s1. The Morgan fingerprint density at radius 2 is 1.94 bits per heavy atom. The Hall–Kier alpha value is -1.48. The van der Waals surface area contributed by atoms with Crippen LogP contribution in [0.25, 0.3) is 0 Å². The van der Waals surface area contributed by atoms with Gasteiger partial charge in [-0.15, -0.1) is 0 Å². The molecule has 0 aromatic carbocycles. The fourth-order valence-electron chi connectivity index (χ4n) is 7.84. The molecule has 4 aliphatic heterocycles. The quantitative estimate of drug-likeness (QED) is 0.341. The molecule has 1 unspecified atom stereocenters. The van der Waals surface area contributed by atoms with Crippen molar-refractivity contribution in [1.82, 2.24) is 0 Å². The van der Waals surface area contributed by atoms with Gasteiger partial charge < -0.3 is 28.8 Å². The zero-order valence-corrected chi connectivity index (χ0v) is 21.6. The van der Waals surface area contributed by atoms with Crippen molar-refractivity contribution in [1.29, 1.82) is 0 Å². The van der Waals surface area contributed by atoms with Gasteiger partial charge in [-0.3, -0.25) is 4.79 Å². The van der Waals surface area contributed by atoms with Crippen molar-refractivity contribution in [3.63, 3.8) is 0 Å². The van der Waals surface area contributed by atoms with E-state index in [1.165, 1.54) is 6.92 Å². The van der Waals surface area contributed by atoms with Gasteiger partial charge in [-0.25, -0.2) is 4.79 Å². The molecule has 8 heteroatoms. The summed E-state index contributed by atoms with van der Waals surface area (Å²) in [5.41, 5.74) is -0.922. The SMILES string of the molecule is C/C=C(\C)C(=O)O[C@H]1O[C@@H]2C[C@@H]3[C@@](C)(CC[C@H]4CCOC4O)[C@H](C)C[C@H](OC(C)=O)[C@]13[C@@]1(CO1)C2. The lowest BCUT2D eigenvalue weighted by Gasteiger charge is -2.68. The lowest BCUT2D eigenvalue weighted by Crippen LogP contribution is -2.75. The monoisotopic (exact) mass is 492 g/mol. The minimum Gasteiger partial charge on any atom is -0.462 e. The van der Waals surface area contributed by atoms with Crippen LogP contribution in [0, 0.1) is 28.6 Å². The molecule has 4 heterocycles. The van der Waals surface area contributed by atoms with Gasteiger partial charge in [0.2, 0.25) is 6.29 Å². The Balaban J connectivity index is 1.55. The number of aliphatic hydroxyl groups is 1. The predicted molar refractivity (Wildman–Crippen MR) is 125 cm³/mol. The highest BCUT2D eigenvalue weighted by molar-refractivity contribution is 5.87. The maximum absolute atomic E-state index is 13.0. The van der Waals surface area contributed by atoms with Gasteiger partial charge in [-0.2, -0.15) is 0 Å². The summed E-state index contributed by atoms with van der Waals surface area (Å²) in [5, 5.41) is 10.3. The summed E-state index contributed by atoms with van der Waals surface area (Å²) in [4.78, 5) is 25.3. The Bertz CT molecular complexity index is 896. The van der Waals surface area contributed by atoms with Gasteiger partial charge >= 0.3 is 11.9 Å². The van der Waals surface area contributed by atoms with Gasteiger partial charge in [-0.1, -0.05) is 19.9 Å². The van der Waals surface area contributed by atoms with E-state index in [1.807, 2.05) is 0 Å².